The zero-order valence-corrected chi connectivity index (χ0v) is 14.5. The average Bonchev–Trinajstić information content (AvgIpc) is 2.66. The summed E-state index contributed by atoms with van der Waals surface area (Å²) in [5, 5.41) is 3.62. The molecule has 0 bridgehead atoms. The molecule has 1 aliphatic rings. The monoisotopic (exact) mass is 289 g/mol. The van der Waals surface area contributed by atoms with Gasteiger partial charge in [0.05, 0.1) is 0 Å². The molecule has 1 aromatic rings. The van der Waals surface area contributed by atoms with E-state index < -0.39 is 0 Å². The van der Waals surface area contributed by atoms with Gasteiger partial charge in [0.15, 0.2) is 0 Å². The van der Waals surface area contributed by atoms with Crippen molar-refractivity contribution in [1.82, 2.24) is 5.32 Å². The molecule has 1 aliphatic carbocycles. The summed E-state index contributed by atoms with van der Waals surface area (Å²) in [6.45, 7) is 14.5. The molecule has 1 saturated carbocycles. The first-order valence-corrected chi connectivity index (χ1v) is 8.35. The zero-order chi connectivity index (χ0) is 15.6. The molecule has 0 spiro atoms. The zero-order valence-electron chi connectivity index (χ0n) is 14.5. The average molecular weight is 289 g/mol. The Bertz CT molecular complexity index is 478. The Morgan fingerprint density at radius 3 is 2.62 bits per heavy atom. The van der Waals surface area contributed by atoms with Crippen molar-refractivity contribution < 1.29 is 4.74 Å². The Balaban J connectivity index is 2.12. The molecule has 2 atom stereocenters. The van der Waals surface area contributed by atoms with E-state index in [2.05, 4.69) is 65.1 Å². The van der Waals surface area contributed by atoms with Crippen LogP contribution in [0.4, 0.5) is 0 Å². The summed E-state index contributed by atoms with van der Waals surface area (Å²) in [7, 11) is 0. The first kappa shape index (κ1) is 16.4. The standard InChI is InChI=1S/C19H31NO/c1-7-20-18-17(10-11-19(18,5)6)21-15-8-9-16(13(2)3)14(4)12-15/h8-9,12-13,17-18,20H,7,10-11H2,1-6H3. The molecule has 0 aromatic heterocycles. The molecular formula is C19H31NO. The van der Waals surface area contributed by atoms with Crippen molar-refractivity contribution in [2.24, 2.45) is 5.41 Å². The molecule has 0 amide bonds. The lowest BCUT2D eigenvalue weighted by Crippen LogP contribution is -2.46. The highest BCUT2D eigenvalue weighted by molar-refractivity contribution is 5.36. The molecular weight excluding hydrogens is 258 g/mol. The Morgan fingerprint density at radius 2 is 2.05 bits per heavy atom. The molecule has 2 nitrogen and oxygen atoms in total. The van der Waals surface area contributed by atoms with Crippen molar-refractivity contribution in [2.45, 2.75) is 72.4 Å². The highest BCUT2D eigenvalue weighted by Crippen LogP contribution is 2.39. The van der Waals surface area contributed by atoms with Crippen molar-refractivity contribution in [1.29, 1.82) is 0 Å². The van der Waals surface area contributed by atoms with Crippen LogP contribution in [0, 0.1) is 12.3 Å². The highest BCUT2D eigenvalue weighted by atomic mass is 16.5. The van der Waals surface area contributed by atoms with Gasteiger partial charge in [-0.1, -0.05) is 40.7 Å². The van der Waals surface area contributed by atoms with E-state index in [1.807, 2.05) is 0 Å². The van der Waals surface area contributed by atoms with Gasteiger partial charge in [-0.25, -0.2) is 0 Å². The van der Waals surface area contributed by atoms with Crippen LogP contribution in [0.25, 0.3) is 0 Å². The molecule has 0 saturated heterocycles. The molecule has 21 heavy (non-hydrogen) atoms. The summed E-state index contributed by atoms with van der Waals surface area (Å²) in [5.74, 6) is 1.58. The molecule has 0 heterocycles. The van der Waals surface area contributed by atoms with Crippen LogP contribution in [0.3, 0.4) is 0 Å². The van der Waals surface area contributed by atoms with Gasteiger partial charge in [0.25, 0.3) is 0 Å². The smallest absolute Gasteiger partial charge is 0.120 e. The second-order valence-corrected chi connectivity index (χ2v) is 7.39. The van der Waals surface area contributed by atoms with E-state index in [4.69, 9.17) is 4.74 Å². The van der Waals surface area contributed by atoms with Gasteiger partial charge in [0, 0.05) is 6.04 Å². The lowest BCUT2D eigenvalue weighted by molar-refractivity contribution is 0.141. The predicted molar refractivity (Wildman–Crippen MR) is 90.2 cm³/mol. The number of hydrogen-bond donors (Lipinski definition) is 1. The van der Waals surface area contributed by atoms with Gasteiger partial charge in [-0.15, -0.1) is 0 Å². The van der Waals surface area contributed by atoms with Gasteiger partial charge in [-0.05, 0) is 60.9 Å². The van der Waals surface area contributed by atoms with E-state index in [0.29, 0.717) is 17.4 Å². The van der Waals surface area contributed by atoms with E-state index in [1.54, 1.807) is 0 Å². The molecule has 0 radical (unpaired) electrons. The fraction of sp³-hybridized carbons (Fsp3) is 0.684. The maximum atomic E-state index is 6.33. The lowest BCUT2D eigenvalue weighted by atomic mass is 9.87. The molecule has 1 fully saturated rings. The predicted octanol–water partition coefficient (Wildman–Crippen LogP) is 4.66. The van der Waals surface area contributed by atoms with Gasteiger partial charge in [0.1, 0.15) is 11.9 Å². The highest BCUT2D eigenvalue weighted by Gasteiger charge is 2.42. The fourth-order valence-electron chi connectivity index (χ4n) is 3.64. The van der Waals surface area contributed by atoms with Crippen LogP contribution in [0.15, 0.2) is 18.2 Å². The minimum absolute atomic E-state index is 0.282. The Hall–Kier alpha value is -1.02. The third-order valence-electron chi connectivity index (χ3n) is 4.86. The van der Waals surface area contributed by atoms with Crippen LogP contribution in [-0.4, -0.2) is 18.7 Å². The second-order valence-electron chi connectivity index (χ2n) is 7.39. The van der Waals surface area contributed by atoms with Gasteiger partial charge < -0.3 is 10.1 Å². The minimum atomic E-state index is 0.282. The molecule has 0 aliphatic heterocycles. The van der Waals surface area contributed by atoms with Crippen LogP contribution in [0.2, 0.25) is 0 Å². The Morgan fingerprint density at radius 1 is 1.33 bits per heavy atom. The normalized spacial score (nSPS) is 24.5. The summed E-state index contributed by atoms with van der Waals surface area (Å²) in [6.07, 6.45) is 2.64. The number of likely N-dealkylation sites (N-methyl/N-ethyl adjacent to an activating group) is 1. The summed E-state index contributed by atoms with van der Waals surface area (Å²) in [5.41, 5.74) is 3.06. The second kappa shape index (κ2) is 6.39. The largest absolute Gasteiger partial charge is 0.489 e. The van der Waals surface area contributed by atoms with Crippen molar-refractivity contribution >= 4 is 0 Å². The number of nitrogens with one attached hydrogen (secondary N) is 1. The maximum Gasteiger partial charge on any atom is 0.120 e. The van der Waals surface area contributed by atoms with Crippen LogP contribution in [0.1, 0.15) is 64.5 Å². The van der Waals surface area contributed by atoms with Crippen LogP contribution in [0.5, 0.6) is 5.75 Å². The van der Waals surface area contributed by atoms with Crippen LogP contribution < -0.4 is 10.1 Å². The fourth-order valence-corrected chi connectivity index (χ4v) is 3.64. The van der Waals surface area contributed by atoms with Crippen molar-refractivity contribution in [3.05, 3.63) is 29.3 Å². The van der Waals surface area contributed by atoms with Gasteiger partial charge in [-0.2, -0.15) is 0 Å². The van der Waals surface area contributed by atoms with Crippen molar-refractivity contribution in [3.63, 3.8) is 0 Å². The number of hydrogen-bond acceptors (Lipinski definition) is 2. The maximum absolute atomic E-state index is 6.33. The van der Waals surface area contributed by atoms with Crippen LogP contribution >= 0.6 is 0 Å². The third kappa shape index (κ3) is 3.60. The topological polar surface area (TPSA) is 21.3 Å². The number of rotatable bonds is 5. The molecule has 2 rings (SSSR count). The summed E-state index contributed by atoms with van der Waals surface area (Å²) in [6, 6.07) is 6.99. The lowest BCUT2D eigenvalue weighted by Gasteiger charge is -2.31. The summed E-state index contributed by atoms with van der Waals surface area (Å²) >= 11 is 0. The van der Waals surface area contributed by atoms with E-state index in [0.717, 1.165) is 18.7 Å². The third-order valence-corrected chi connectivity index (χ3v) is 4.86. The van der Waals surface area contributed by atoms with Gasteiger partial charge in [-0.3, -0.25) is 0 Å². The summed E-state index contributed by atoms with van der Waals surface area (Å²) in [4.78, 5) is 0. The molecule has 118 valence electrons. The number of ether oxygens (including phenoxy) is 1. The van der Waals surface area contributed by atoms with Gasteiger partial charge in [0.2, 0.25) is 0 Å². The first-order valence-electron chi connectivity index (χ1n) is 8.35. The quantitative estimate of drug-likeness (QED) is 0.851. The molecule has 2 heteroatoms. The molecule has 2 unspecified atom stereocenters. The van der Waals surface area contributed by atoms with Crippen molar-refractivity contribution in [2.75, 3.05) is 6.54 Å². The minimum Gasteiger partial charge on any atom is -0.489 e. The van der Waals surface area contributed by atoms with E-state index in [9.17, 15) is 0 Å². The van der Waals surface area contributed by atoms with Crippen molar-refractivity contribution in [3.8, 4) is 5.75 Å². The number of aryl methyl sites for hydroxylation is 1. The van der Waals surface area contributed by atoms with E-state index in [-0.39, 0.29) is 6.10 Å². The van der Waals surface area contributed by atoms with E-state index in [1.165, 1.54) is 17.5 Å². The number of benzene rings is 1. The van der Waals surface area contributed by atoms with Crippen LogP contribution in [-0.2, 0) is 0 Å². The first-order chi connectivity index (χ1) is 9.85. The SMILES string of the molecule is CCNC1C(Oc2ccc(C(C)C)c(C)c2)CCC1(C)C. The summed E-state index contributed by atoms with van der Waals surface area (Å²) < 4.78 is 6.33. The van der Waals surface area contributed by atoms with E-state index >= 15 is 0 Å². The molecule has 1 N–H and O–H groups in total. The van der Waals surface area contributed by atoms with Gasteiger partial charge >= 0.3 is 0 Å². The Kier molecular flexibility index (Phi) is 4.98. The Labute approximate surface area is 130 Å². The molecule has 1 aromatic carbocycles.